The van der Waals surface area contributed by atoms with E-state index < -0.39 is 28.7 Å². The van der Waals surface area contributed by atoms with Crippen LogP contribution < -0.4 is 19.7 Å². The molecule has 1 saturated carbocycles. The van der Waals surface area contributed by atoms with E-state index in [4.69, 9.17) is 16.3 Å². The van der Waals surface area contributed by atoms with Crippen molar-refractivity contribution >= 4 is 33.2 Å². The highest BCUT2D eigenvalue weighted by atomic mass is 35.5. The predicted octanol–water partition coefficient (Wildman–Crippen LogP) is 6.24. The molecular weight excluding hydrogens is 603 g/mol. The van der Waals surface area contributed by atoms with E-state index in [1.165, 1.54) is 0 Å². The number of anilines is 1. The van der Waals surface area contributed by atoms with Crippen molar-refractivity contribution in [2.75, 3.05) is 30.3 Å². The van der Waals surface area contributed by atoms with Gasteiger partial charge in [0.2, 0.25) is 10.0 Å². The molecule has 236 valence electrons. The monoisotopic (exact) mass is 641 g/mol. The summed E-state index contributed by atoms with van der Waals surface area (Å²) in [5, 5.41) is 3.45. The number of nitrogens with zero attached hydrogens (tertiary/aromatic N) is 1. The molecule has 2 bridgehead atoms. The summed E-state index contributed by atoms with van der Waals surface area (Å²) in [7, 11) is -3.88. The number of halogens is 4. The van der Waals surface area contributed by atoms with Crippen LogP contribution in [0.15, 0.2) is 36.4 Å². The zero-order valence-electron chi connectivity index (χ0n) is 24.1. The maximum Gasteiger partial charge on any atom is 0.401 e. The van der Waals surface area contributed by atoms with Gasteiger partial charge in [-0.2, -0.15) is 13.2 Å². The SMILES string of the molecule is O=C1NS(=O)(=O)CCCCCC(NCC(F)(F)F)[C@@H]2CC[C@H]2CN2CCCCc3cc(Cl)ccc3COc3ccc1cc32. The Labute approximate surface area is 256 Å². The molecule has 3 aliphatic rings. The van der Waals surface area contributed by atoms with Gasteiger partial charge in [0.15, 0.2) is 0 Å². The molecule has 1 unspecified atom stereocenters. The number of benzene rings is 2. The number of alkyl halides is 3. The molecule has 12 heteroatoms. The van der Waals surface area contributed by atoms with Crippen LogP contribution in [0.25, 0.3) is 0 Å². The van der Waals surface area contributed by atoms with E-state index in [2.05, 4.69) is 14.9 Å². The topological polar surface area (TPSA) is 87.7 Å². The van der Waals surface area contributed by atoms with Crippen molar-refractivity contribution in [1.29, 1.82) is 0 Å². The Bertz CT molecular complexity index is 1410. The smallest absolute Gasteiger partial charge is 0.401 e. The molecule has 7 nitrogen and oxygen atoms in total. The molecule has 5 rings (SSSR count). The van der Waals surface area contributed by atoms with Gasteiger partial charge >= 0.3 is 6.18 Å². The molecule has 0 radical (unpaired) electrons. The molecule has 2 aliphatic heterocycles. The zero-order valence-corrected chi connectivity index (χ0v) is 25.7. The third-order valence-electron chi connectivity index (χ3n) is 8.93. The average molecular weight is 642 g/mol. The van der Waals surface area contributed by atoms with Gasteiger partial charge in [-0.15, -0.1) is 0 Å². The van der Waals surface area contributed by atoms with E-state index in [0.717, 1.165) is 43.2 Å². The lowest BCUT2D eigenvalue weighted by Crippen LogP contribution is -2.50. The number of hydrogen-bond acceptors (Lipinski definition) is 6. The summed E-state index contributed by atoms with van der Waals surface area (Å²) in [5.74, 6) is -0.118. The van der Waals surface area contributed by atoms with Gasteiger partial charge in [0.1, 0.15) is 12.4 Å². The van der Waals surface area contributed by atoms with Crippen LogP contribution in [0.1, 0.15) is 72.9 Å². The minimum absolute atomic E-state index is 0.0689. The average Bonchev–Trinajstić information content (AvgIpc) is 2.95. The standard InChI is InChI=1S/C31H39ClF3N3O4S/c32-25-11-8-24-19-42-29-13-10-22-17-28(29)38(14-4-3-6-21(24)16-25)18-23-9-12-26(23)27(36-20-31(33,34)35)7-2-1-5-15-43(40,41)37-30(22)39/h8,10-11,13,16-17,23,26-27,36H,1-7,9,12,14-15,18-20H2,(H,37,39)/t23-,26+,27?/m0/s1. The van der Waals surface area contributed by atoms with E-state index in [-0.39, 0.29) is 29.2 Å². The van der Waals surface area contributed by atoms with Crippen LogP contribution in [0, 0.1) is 11.8 Å². The third-order valence-corrected chi connectivity index (χ3v) is 10.5. The number of aryl methyl sites for hydroxylation is 1. The van der Waals surface area contributed by atoms with Crippen molar-refractivity contribution < 1.29 is 31.1 Å². The molecule has 2 N–H and O–H groups in total. The fraction of sp³-hybridized carbons (Fsp3) is 0.581. The Balaban J connectivity index is 1.49. The van der Waals surface area contributed by atoms with E-state index in [0.29, 0.717) is 61.8 Å². The van der Waals surface area contributed by atoms with Crippen LogP contribution >= 0.6 is 11.6 Å². The number of carbonyl (C=O) groups excluding carboxylic acids is 1. The van der Waals surface area contributed by atoms with Crippen molar-refractivity contribution in [3.05, 3.63) is 58.1 Å². The summed E-state index contributed by atoms with van der Waals surface area (Å²) in [6, 6.07) is 10.4. The number of hydrogen-bond donors (Lipinski definition) is 2. The fourth-order valence-electron chi connectivity index (χ4n) is 6.51. The second kappa shape index (κ2) is 13.6. The van der Waals surface area contributed by atoms with Crippen molar-refractivity contribution in [1.82, 2.24) is 10.0 Å². The molecule has 1 amide bonds. The molecular formula is C31H39ClF3N3O4S. The first-order chi connectivity index (χ1) is 20.5. The van der Waals surface area contributed by atoms with Crippen molar-refractivity contribution in [3.8, 4) is 5.75 Å². The van der Waals surface area contributed by atoms with E-state index in [1.807, 2.05) is 18.2 Å². The molecule has 0 aromatic heterocycles. The predicted molar refractivity (Wildman–Crippen MR) is 161 cm³/mol. The highest BCUT2D eigenvalue weighted by molar-refractivity contribution is 7.90. The molecule has 2 aromatic carbocycles. The highest BCUT2D eigenvalue weighted by Gasteiger charge is 2.39. The number of nitrogens with one attached hydrogen (secondary N) is 2. The van der Waals surface area contributed by atoms with Gasteiger partial charge in [-0.25, -0.2) is 13.1 Å². The lowest BCUT2D eigenvalue weighted by Gasteiger charge is -2.45. The number of fused-ring (bicyclic) bond motifs is 3. The largest absolute Gasteiger partial charge is 0.487 e. The maximum absolute atomic E-state index is 13.2. The number of sulfonamides is 1. The van der Waals surface area contributed by atoms with Crippen molar-refractivity contribution in [2.24, 2.45) is 11.8 Å². The van der Waals surface area contributed by atoms with Crippen LogP contribution in [0.4, 0.5) is 18.9 Å². The number of amides is 1. The van der Waals surface area contributed by atoms with Gasteiger partial charge in [0.05, 0.1) is 18.0 Å². The van der Waals surface area contributed by atoms with Crippen LogP contribution in [-0.4, -0.2) is 51.9 Å². The molecule has 2 aromatic rings. The van der Waals surface area contributed by atoms with Gasteiger partial charge in [-0.1, -0.05) is 30.5 Å². The minimum atomic E-state index is -4.31. The first-order valence-electron chi connectivity index (χ1n) is 15.1. The fourth-order valence-corrected chi connectivity index (χ4v) is 7.79. The Hall–Kier alpha value is -2.50. The summed E-state index contributed by atoms with van der Waals surface area (Å²) in [6.07, 6.45) is 1.99. The van der Waals surface area contributed by atoms with E-state index >= 15 is 0 Å². The Kier molecular flexibility index (Phi) is 10.1. The Morgan fingerprint density at radius 3 is 2.60 bits per heavy atom. The molecule has 0 saturated heterocycles. The van der Waals surface area contributed by atoms with Crippen LogP contribution in [-0.2, 0) is 23.1 Å². The summed E-state index contributed by atoms with van der Waals surface area (Å²) in [4.78, 5) is 15.3. The lowest BCUT2D eigenvalue weighted by molar-refractivity contribution is -0.128. The van der Waals surface area contributed by atoms with Crippen LogP contribution in [0.2, 0.25) is 5.02 Å². The van der Waals surface area contributed by atoms with Gasteiger partial charge in [0, 0.05) is 29.7 Å². The quantitative estimate of drug-likeness (QED) is 0.404. The molecule has 43 heavy (non-hydrogen) atoms. The maximum atomic E-state index is 13.2. The number of ether oxygens (including phenoxy) is 1. The normalized spacial score (nSPS) is 25.2. The van der Waals surface area contributed by atoms with Gasteiger partial charge in [0.25, 0.3) is 5.91 Å². The molecule has 0 spiro atoms. The second-order valence-corrected chi connectivity index (χ2v) is 14.3. The number of carbonyl (C=O) groups is 1. The first kappa shape index (κ1) is 31.9. The van der Waals surface area contributed by atoms with Crippen molar-refractivity contribution in [3.63, 3.8) is 0 Å². The van der Waals surface area contributed by atoms with Gasteiger partial charge in [-0.3, -0.25) is 4.79 Å². The molecule has 2 heterocycles. The molecule has 3 atom stereocenters. The Morgan fingerprint density at radius 1 is 1.00 bits per heavy atom. The number of rotatable bonds is 2. The van der Waals surface area contributed by atoms with Crippen LogP contribution in [0.5, 0.6) is 5.75 Å². The van der Waals surface area contributed by atoms with Gasteiger partial charge in [-0.05, 0) is 98.2 Å². The lowest BCUT2D eigenvalue weighted by atomic mass is 9.68. The molecule has 1 aliphatic carbocycles. The summed E-state index contributed by atoms with van der Waals surface area (Å²) >= 11 is 6.28. The van der Waals surface area contributed by atoms with E-state index in [9.17, 15) is 26.4 Å². The van der Waals surface area contributed by atoms with Gasteiger partial charge < -0.3 is 15.0 Å². The Morgan fingerprint density at radius 2 is 1.84 bits per heavy atom. The second-order valence-electron chi connectivity index (χ2n) is 12.0. The minimum Gasteiger partial charge on any atom is -0.487 e. The summed E-state index contributed by atoms with van der Waals surface area (Å²) in [6.45, 7) is 0.505. The third kappa shape index (κ3) is 8.57. The molecule has 1 fully saturated rings. The highest BCUT2D eigenvalue weighted by Crippen LogP contribution is 2.42. The van der Waals surface area contributed by atoms with Crippen molar-refractivity contribution in [2.45, 2.75) is 76.6 Å². The zero-order chi connectivity index (χ0) is 30.6. The summed E-state index contributed by atoms with van der Waals surface area (Å²) < 4.78 is 73.5. The first-order valence-corrected chi connectivity index (χ1v) is 17.1. The summed E-state index contributed by atoms with van der Waals surface area (Å²) in [5.41, 5.74) is 3.02. The van der Waals surface area contributed by atoms with Crippen LogP contribution in [0.3, 0.4) is 0 Å². The van der Waals surface area contributed by atoms with E-state index in [1.54, 1.807) is 18.2 Å².